The minimum absolute atomic E-state index is 0.0571. The number of hydrogen-bond acceptors (Lipinski definition) is 5. The van der Waals surface area contributed by atoms with Crippen molar-refractivity contribution in [1.29, 1.82) is 0 Å². The van der Waals surface area contributed by atoms with Crippen molar-refractivity contribution in [2.45, 2.75) is 58.3 Å². The molecule has 2 amide bonds. The van der Waals surface area contributed by atoms with Gasteiger partial charge in [-0.2, -0.15) is 0 Å². The Bertz CT molecular complexity index is 1060. The number of fused-ring (bicyclic) bond motifs is 1. The second-order valence-corrected chi connectivity index (χ2v) is 9.31. The Labute approximate surface area is 188 Å². The van der Waals surface area contributed by atoms with Gasteiger partial charge in [0.15, 0.2) is 0 Å². The maximum absolute atomic E-state index is 13.5. The number of ether oxygens (including phenoxy) is 1. The molecule has 0 spiro atoms. The van der Waals surface area contributed by atoms with E-state index in [0.29, 0.717) is 6.54 Å². The number of aromatic nitrogens is 1. The van der Waals surface area contributed by atoms with Crippen LogP contribution >= 0.6 is 0 Å². The number of benzene rings is 1. The molecular weight excluding hydrogens is 406 g/mol. The van der Waals surface area contributed by atoms with Gasteiger partial charge in [0, 0.05) is 29.9 Å². The van der Waals surface area contributed by atoms with Crippen LogP contribution in [0.2, 0.25) is 0 Å². The van der Waals surface area contributed by atoms with E-state index in [-0.39, 0.29) is 18.0 Å². The zero-order valence-corrected chi connectivity index (χ0v) is 19.4. The van der Waals surface area contributed by atoms with Crippen molar-refractivity contribution in [2.24, 2.45) is 5.92 Å². The van der Waals surface area contributed by atoms with Crippen molar-refractivity contribution in [3.63, 3.8) is 0 Å². The third-order valence-electron chi connectivity index (χ3n) is 6.89. The van der Waals surface area contributed by atoms with E-state index in [2.05, 4.69) is 53.0 Å². The van der Waals surface area contributed by atoms with E-state index in [1.165, 1.54) is 18.1 Å². The number of carbonyl (C=O) groups is 2. The first-order valence-electron chi connectivity index (χ1n) is 11.2. The average Bonchev–Trinajstić information content (AvgIpc) is 3.51. The van der Waals surface area contributed by atoms with Crippen LogP contribution in [-0.4, -0.2) is 53.3 Å². The molecule has 0 radical (unpaired) electrons. The van der Waals surface area contributed by atoms with E-state index in [4.69, 9.17) is 4.74 Å². The lowest BCUT2D eigenvalue weighted by atomic mass is 9.92. The molecule has 1 aromatic heterocycles. The molecule has 0 saturated carbocycles. The highest BCUT2D eigenvalue weighted by atomic mass is 16.5. The summed E-state index contributed by atoms with van der Waals surface area (Å²) in [5, 5.41) is 11.0. The maximum Gasteiger partial charge on any atom is 0.407 e. The zero-order valence-electron chi connectivity index (χ0n) is 19.4. The molecule has 32 heavy (non-hydrogen) atoms. The summed E-state index contributed by atoms with van der Waals surface area (Å²) in [5.74, 6) is -0.136. The Morgan fingerprint density at radius 3 is 2.78 bits per heavy atom. The van der Waals surface area contributed by atoms with Gasteiger partial charge in [-0.05, 0) is 44.2 Å². The summed E-state index contributed by atoms with van der Waals surface area (Å²) in [6, 6.07) is 5.70. The molecule has 0 aliphatic carbocycles. The number of hydrogen-bond donors (Lipinski definition) is 4. The van der Waals surface area contributed by atoms with Crippen LogP contribution in [0.25, 0.3) is 16.6 Å². The lowest BCUT2D eigenvalue weighted by molar-refractivity contribution is -0.139. The molecule has 1 fully saturated rings. The fourth-order valence-corrected chi connectivity index (χ4v) is 4.94. The van der Waals surface area contributed by atoms with Gasteiger partial charge in [-0.25, -0.2) is 4.79 Å². The fraction of sp³-hybridized carbons (Fsp3) is 0.500. The van der Waals surface area contributed by atoms with Crippen molar-refractivity contribution >= 4 is 28.6 Å². The number of alkyl carbamates (subject to hydrolysis) is 1. The topological polar surface area (TPSA) is 98.5 Å². The largest absolute Gasteiger partial charge is 0.453 e. The number of nitrogens with zero attached hydrogens (tertiary/aromatic N) is 1. The van der Waals surface area contributed by atoms with Gasteiger partial charge < -0.3 is 30.6 Å². The monoisotopic (exact) mass is 439 g/mol. The van der Waals surface area contributed by atoms with Crippen LogP contribution in [0.15, 0.2) is 30.6 Å². The molecule has 0 bridgehead atoms. The van der Waals surface area contributed by atoms with Crippen LogP contribution in [0.5, 0.6) is 0 Å². The van der Waals surface area contributed by atoms with Gasteiger partial charge in [0.2, 0.25) is 5.91 Å². The zero-order chi connectivity index (χ0) is 23.0. The van der Waals surface area contributed by atoms with Crippen LogP contribution in [0.4, 0.5) is 4.79 Å². The molecule has 1 saturated heterocycles. The SMILES string of the molecule is COC(=O)N[C@H](C(=O)N1CCC[C@@]1(C)C1NC=C(c2ccc(C)c3cc[nH]c23)N1)C(C)C. The van der Waals surface area contributed by atoms with Gasteiger partial charge in [0.05, 0.1) is 23.9 Å². The van der Waals surface area contributed by atoms with Crippen molar-refractivity contribution in [3.05, 3.63) is 41.7 Å². The number of rotatable bonds is 5. The average molecular weight is 440 g/mol. The molecule has 2 aromatic rings. The number of aromatic amines is 1. The number of H-pyrrole nitrogens is 1. The highest BCUT2D eigenvalue weighted by molar-refractivity contribution is 5.93. The minimum Gasteiger partial charge on any atom is -0.453 e. The second kappa shape index (κ2) is 8.41. The van der Waals surface area contributed by atoms with E-state index >= 15 is 0 Å². The van der Waals surface area contributed by atoms with Gasteiger partial charge in [0.1, 0.15) is 12.2 Å². The van der Waals surface area contributed by atoms with Crippen molar-refractivity contribution in [2.75, 3.05) is 13.7 Å². The summed E-state index contributed by atoms with van der Waals surface area (Å²) >= 11 is 0. The van der Waals surface area contributed by atoms with E-state index in [1.807, 2.05) is 31.1 Å². The molecule has 2 aliphatic heterocycles. The minimum atomic E-state index is -0.635. The maximum atomic E-state index is 13.5. The van der Waals surface area contributed by atoms with Crippen LogP contribution < -0.4 is 16.0 Å². The van der Waals surface area contributed by atoms with E-state index in [9.17, 15) is 9.59 Å². The van der Waals surface area contributed by atoms with Gasteiger partial charge in [-0.1, -0.05) is 26.0 Å². The summed E-state index contributed by atoms with van der Waals surface area (Å²) in [4.78, 5) is 30.6. The first-order valence-corrected chi connectivity index (χ1v) is 11.2. The van der Waals surface area contributed by atoms with Crippen LogP contribution in [0, 0.1) is 12.8 Å². The summed E-state index contributed by atoms with van der Waals surface area (Å²) in [6.07, 6.45) is 5.00. The Morgan fingerprint density at radius 1 is 1.28 bits per heavy atom. The first kappa shape index (κ1) is 22.0. The van der Waals surface area contributed by atoms with Gasteiger partial charge in [-0.15, -0.1) is 0 Å². The molecule has 8 nitrogen and oxygen atoms in total. The number of likely N-dealkylation sites (tertiary alicyclic amines) is 1. The Balaban J connectivity index is 1.55. The standard InChI is InChI=1S/C24H33N5O3/c1-14(2)19(28-23(31)32-5)21(30)29-12-6-10-24(29,4)22-26-13-18(27-22)17-8-7-15(3)16-9-11-25-20(16)17/h7-9,11,13-14,19,22,25-27H,6,10,12H2,1-5H3,(H,28,31)/t19-,22?,24-/m0/s1. The number of aryl methyl sites for hydroxylation is 1. The molecule has 1 aromatic carbocycles. The summed E-state index contributed by atoms with van der Waals surface area (Å²) in [5.41, 5.74) is 3.97. The third-order valence-corrected chi connectivity index (χ3v) is 6.89. The predicted molar refractivity (Wildman–Crippen MR) is 125 cm³/mol. The summed E-state index contributed by atoms with van der Waals surface area (Å²) in [6.45, 7) is 8.72. The van der Waals surface area contributed by atoms with E-state index in [1.54, 1.807) is 0 Å². The van der Waals surface area contributed by atoms with E-state index < -0.39 is 17.7 Å². The lowest BCUT2D eigenvalue weighted by Gasteiger charge is -2.42. The predicted octanol–water partition coefficient (Wildman–Crippen LogP) is 3.06. The van der Waals surface area contributed by atoms with Crippen molar-refractivity contribution < 1.29 is 14.3 Å². The molecule has 8 heteroatoms. The highest BCUT2D eigenvalue weighted by Crippen LogP contribution is 2.36. The molecule has 2 aliphatic rings. The smallest absolute Gasteiger partial charge is 0.407 e. The van der Waals surface area contributed by atoms with E-state index in [0.717, 1.165) is 29.6 Å². The fourth-order valence-electron chi connectivity index (χ4n) is 4.94. The third kappa shape index (κ3) is 3.67. The van der Waals surface area contributed by atoms with Gasteiger partial charge in [0.25, 0.3) is 0 Å². The second-order valence-electron chi connectivity index (χ2n) is 9.31. The van der Waals surface area contributed by atoms with Crippen LogP contribution in [0.3, 0.4) is 0 Å². The first-order chi connectivity index (χ1) is 15.3. The summed E-state index contributed by atoms with van der Waals surface area (Å²) in [7, 11) is 1.31. The highest BCUT2D eigenvalue weighted by Gasteiger charge is 2.49. The number of methoxy groups -OCH3 is 1. The molecular formula is C24H33N5O3. The van der Waals surface area contributed by atoms with Crippen LogP contribution in [-0.2, 0) is 9.53 Å². The molecule has 3 atom stereocenters. The van der Waals surface area contributed by atoms with Gasteiger partial charge in [-0.3, -0.25) is 4.79 Å². The number of nitrogens with one attached hydrogen (secondary N) is 4. The normalized spacial score (nSPS) is 23.6. The van der Waals surface area contributed by atoms with Crippen LogP contribution in [0.1, 0.15) is 44.7 Å². The quantitative estimate of drug-likeness (QED) is 0.574. The van der Waals surface area contributed by atoms with Crippen molar-refractivity contribution in [3.8, 4) is 0 Å². The lowest BCUT2D eigenvalue weighted by Crippen LogP contribution is -2.63. The summed E-state index contributed by atoms with van der Waals surface area (Å²) < 4.78 is 4.74. The molecule has 4 rings (SSSR count). The van der Waals surface area contributed by atoms with Gasteiger partial charge >= 0.3 is 6.09 Å². The van der Waals surface area contributed by atoms with Crippen molar-refractivity contribution in [1.82, 2.24) is 25.8 Å². The molecule has 4 N–H and O–H groups in total. The molecule has 1 unspecified atom stereocenters. The number of carbonyl (C=O) groups excluding carboxylic acids is 2. The Kier molecular flexibility index (Phi) is 5.79. The Morgan fingerprint density at radius 2 is 2.06 bits per heavy atom. The molecule has 3 heterocycles. The number of amides is 2. The Hall–Kier alpha value is -3.16. The molecule has 172 valence electrons.